The number of amides is 1. The molecule has 2 rings (SSSR count). The van der Waals surface area contributed by atoms with Crippen LogP contribution in [0.5, 0.6) is 0 Å². The van der Waals surface area contributed by atoms with Crippen LogP contribution in [0.4, 0.5) is 0 Å². The first-order valence-corrected chi connectivity index (χ1v) is 4.19. The number of primary amides is 1. The molecule has 0 unspecified atom stereocenters. The summed E-state index contributed by atoms with van der Waals surface area (Å²) in [5.74, 6) is -0.297. The second-order valence-corrected chi connectivity index (χ2v) is 3.16. The van der Waals surface area contributed by atoms with Crippen molar-refractivity contribution in [2.24, 2.45) is 5.73 Å². The number of nitrogens with two attached hydrogens (primary N) is 1. The van der Waals surface area contributed by atoms with Crippen molar-refractivity contribution < 1.29 is 4.79 Å². The standard InChI is InChI=1S/C10H11NO.ClH/c11-10(12)9-6-2-4-7-3-1-5-8(7)9;/h2,4,6H,1,3,5H2,(H2,11,12);1H. The third-order valence-corrected chi connectivity index (χ3v) is 2.41. The van der Waals surface area contributed by atoms with E-state index in [9.17, 15) is 4.79 Å². The average Bonchev–Trinajstić information content (AvgIpc) is 2.49. The smallest absolute Gasteiger partial charge is 0.248 e. The van der Waals surface area contributed by atoms with E-state index in [2.05, 4.69) is 6.07 Å². The second-order valence-electron chi connectivity index (χ2n) is 3.16. The number of fused-ring (bicyclic) bond motifs is 1. The number of benzene rings is 1. The minimum absolute atomic E-state index is 0. The molecular formula is C10H12ClNO. The molecule has 0 aliphatic heterocycles. The molecule has 0 spiro atoms. The molecule has 0 radical (unpaired) electrons. The quantitative estimate of drug-likeness (QED) is 0.732. The van der Waals surface area contributed by atoms with Gasteiger partial charge in [0.05, 0.1) is 0 Å². The van der Waals surface area contributed by atoms with Crippen LogP contribution in [-0.4, -0.2) is 5.91 Å². The summed E-state index contributed by atoms with van der Waals surface area (Å²) in [6.45, 7) is 0. The highest BCUT2D eigenvalue weighted by Crippen LogP contribution is 2.24. The van der Waals surface area contributed by atoms with Crippen LogP contribution in [0.15, 0.2) is 18.2 Å². The fourth-order valence-corrected chi connectivity index (χ4v) is 1.85. The Morgan fingerprint density at radius 1 is 1.31 bits per heavy atom. The fourth-order valence-electron chi connectivity index (χ4n) is 1.85. The number of hydrogen-bond donors (Lipinski definition) is 1. The molecule has 70 valence electrons. The topological polar surface area (TPSA) is 43.1 Å². The van der Waals surface area contributed by atoms with E-state index in [1.807, 2.05) is 12.1 Å². The molecule has 0 saturated carbocycles. The van der Waals surface area contributed by atoms with Crippen LogP contribution in [0.25, 0.3) is 0 Å². The number of carbonyl (C=O) groups is 1. The molecule has 0 fully saturated rings. The van der Waals surface area contributed by atoms with Gasteiger partial charge in [0.25, 0.3) is 0 Å². The highest BCUT2D eigenvalue weighted by Gasteiger charge is 2.16. The number of carbonyl (C=O) groups excluding carboxylic acids is 1. The van der Waals surface area contributed by atoms with Crippen molar-refractivity contribution >= 4 is 18.3 Å². The number of halogens is 1. The Balaban J connectivity index is 0.000000845. The van der Waals surface area contributed by atoms with Crippen LogP contribution in [0.1, 0.15) is 27.9 Å². The summed E-state index contributed by atoms with van der Waals surface area (Å²) in [6.07, 6.45) is 3.25. The maximum absolute atomic E-state index is 11.0. The Morgan fingerprint density at radius 3 is 2.77 bits per heavy atom. The van der Waals surface area contributed by atoms with Gasteiger partial charge in [-0.2, -0.15) is 0 Å². The van der Waals surface area contributed by atoms with Gasteiger partial charge in [0.2, 0.25) is 5.91 Å². The summed E-state index contributed by atoms with van der Waals surface area (Å²) in [5.41, 5.74) is 8.43. The van der Waals surface area contributed by atoms with Gasteiger partial charge in [-0.15, -0.1) is 12.4 Å². The molecule has 2 N–H and O–H groups in total. The normalized spacial score (nSPS) is 13.2. The van der Waals surface area contributed by atoms with Crippen molar-refractivity contribution in [2.75, 3.05) is 0 Å². The summed E-state index contributed by atoms with van der Waals surface area (Å²) in [4.78, 5) is 11.0. The van der Waals surface area contributed by atoms with Crippen molar-refractivity contribution in [1.29, 1.82) is 0 Å². The third kappa shape index (κ3) is 1.68. The zero-order valence-corrected chi connectivity index (χ0v) is 8.06. The lowest BCUT2D eigenvalue weighted by atomic mass is 10.0. The van der Waals surface area contributed by atoms with Crippen LogP contribution < -0.4 is 5.73 Å². The van der Waals surface area contributed by atoms with Gasteiger partial charge in [0, 0.05) is 5.56 Å². The molecule has 1 aromatic carbocycles. The zero-order valence-electron chi connectivity index (χ0n) is 7.25. The Kier molecular flexibility index (Phi) is 2.94. The highest BCUT2D eigenvalue weighted by atomic mass is 35.5. The molecule has 0 saturated heterocycles. The lowest BCUT2D eigenvalue weighted by Gasteiger charge is -2.03. The molecule has 1 aliphatic carbocycles. The molecule has 1 aromatic rings. The van der Waals surface area contributed by atoms with Gasteiger partial charge in [-0.3, -0.25) is 4.79 Å². The minimum Gasteiger partial charge on any atom is -0.366 e. The molecule has 0 atom stereocenters. The molecule has 0 heterocycles. The minimum atomic E-state index is -0.297. The molecule has 2 nitrogen and oxygen atoms in total. The Bertz CT molecular complexity index is 336. The first kappa shape index (κ1) is 10.1. The number of rotatable bonds is 1. The van der Waals surface area contributed by atoms with Crippen LogP contribution in [0.2, 0.25) is 0 Å². The number of aryl methyl sites for hydroxylation is 1. The van der Waals surface area contributed by atoms with E-state index in [-0.39, 0.29) is 18.3 Å². The second kappa shape index (κ2) is 3.79. The summed E-state index contributed by atoms with van der Waals surface area (Å²) < 4.78 is 0. The van der Waals surface area contributed by atoms with Crippen molar-refractivity contribution in [3.8, 4) is 0 Å². The van der Waals surface area contributed by atoms with Crippen LogP contribution in [0, 0.1) is 0 Å². The molecule has 1 amide bonds. The van der Waals surface area contributed by atoms with Crippen LogP contribution in [-0.2, 0) is 12.8 Å². The summed E-state index contributed by atoms with van der Waals surface area (Å²) in [5, 5.41) is 0. The van der Waals surface area contributed by atoms with Gasteiger partial charge in [-0.05, 0) is 36.5 Å². The van der Waals surface area contributed by atoms with Crippen LogP contribution in [0.3, 0.4) is 0 Å². The predicted octanol–water partition coefficient (Wildman–Crippen LogP) is 1.70. The summed E-state index contributed by atoms with van der Waals surface area (Å²) >= 11 is 0. The Labute approximate surface area is 83.5 Å². The first-order chi connectivity index (χ1) is 5.79. The van der Waals surface area contributed by atoms with E-state index in [1.165, 1.54) is 11.1 Å². The average molecular weight is 198 g/mol. The molecule has 0 bridgehead atoms. The monoisotopic (exact) mass is 197 g/mol. The lowest BCUT2D eigenvalue weighted by Crippen LogP contribution is -2.13. The lowest BCUT2D eigenvalue weighted by molar-refractivity contribution is 0.0999. The largest absolute Gasteiger partial charge is 0.366 e. The SMILES string of the molecule is Cl.NC(=O)c1cccc2c1CCC2. The predicted molar refractivity (Wildman–Crippen MR) is 54.2 cm³/mol. The van der Waals surface area contributed by atoms with E-state index in [0.29, 0.717) is 5.56 Å². The van der Waals surface area contributed by atoms with E-state index in [0.717, 1.165) is 19.3 Å². The van der Waals surface area contributed by atoms with Gasteiger partial charge in [0.1, 0.15) is 0 Å². The van der Waals surface area contributed by atoms with Crippen molar-refractivity contribution in [2.45, 2.75) is 19.3 Å². The highest BCUT2D eigenvalue weighted by molar-refractivity contribution is 5.94. The number of hydrogen-bond acceptors (Lipinski definition) is 1. The summed E-state index contributed by atoms with van der Waals surface area (Å²) in [7, 11) is 0. The van der Waals surface area contributed by atoms with Gasteiger partial charge in [0.15, 0.2) is 0 Å². The van der Waals surface area contributed by atoms with Gasteiger partial charge >= 0.3 is 0 Å². The molecule has 13 heavy (non-hydrogen) atoms. The third-order valence-electron chi connectivity index (χ3n) is 2.41. The van der Waals surface area contributed by atoms with Crippen LogP contribution >= 0.6 is 12.4 Å². The molecular weight excluding hydrogens is 186 g/mol. The molecule has 3 heteroatoms. The fraction of sp³-hybridized carbons (Fsp3) is 0.300. The van der Waals surface area contributed by atoms with Crippen molar-refractivity contribution in [3.05, 3.63) is 34.9 Å². The van der Waals surface area contributed by atoms with E-state index in [4.69, 9.17) is 5.73 Å². The van der Waals surface area contributed by atoms with Gasteiger partial charge in [-0.1, -0.05) is 12.1 Å². The maximum atomic E-state index is 11.0. The maximum Gasteiger partial charge on any atom is 0.248 e. The van der Waals surface area contributed by atoms with Crippen molar-refractivity contribution in [3.63, 3.8) is 0 Å². The Morgan fingerprint density at radius 2 is 2.08 bits per heavy atom. The molecule has 1 aliphatic rings. The van der Waals surface area contributed by atoms with E-state index < -0.39 is 0 Å². The molecule has 0 aromatic heterocycles. The Hall–Kier alpha value is -1.02. The van der Waals surface area contributed by atoms with E-state index in [1.54, 1.807) is 0 Å². The van der Waals surface area contributed by atoms with Gasteiger partial charge < -0.3 is 5.73 Å². The first-order valence-electron chi connectivity index (χ1n) is 4.19. The zero-order chi connectivity index (χ0) is 8.55. The van der Waals surface area contributed by atoms with Gasteiger partial charge in [-0.25, -0.2) is 0 Å². The summed E-state index contributed by atoms with van der Waals surface area (Å²) in [6, 6.07) is 5.80. The van der Waals surface area contributed by atoms with Crippen molar-refractivity contribution in [1.82, 2.24) is 0 Å². The van der Waals surface area contributed by atoms with E-state index >= 15 is 0 Å².